The van der Waals surface area contributed by atoms with Crippen LogP contribution in [0.2, 0.25) is 0 Å². The predicted molar refractivity (Wildman–Crippen MR) is 166 cm³/mol. The van der Waals surface area contributed by atoms with Crippen LogP contribution in [0.3, 0.4) is 0 Å². The number of nitrogen functional groups attached to an aromatic ring is 1. The highest BCUT2D eigenvalue weighted by atomic mass is 79.9. The van der Waals surface area contributed by atoms with Gasteiger partial charge in [-0.1, -0.05) is 64.5 Å². The molecule has 0 aliphatic carbocycles. The first kappa shape index (κ1) is 30.4. The number of halogens is 2. The van der Waals surface area contributed by atoms with Crippen LogP contribution >= 0.6 is 31.9 Å². The fourth-order valence-electron chi connectivity index (χ4n) is 3.84. The molecule has 0 radical (unpaired) electrons. The fourth-order valence-corrected chi connectivity index (χ4v) is 5.09. The molecule has 0 saturated heterocycles. The number of amides is 3. The van der Waals surface area contributed by atoms with Crippen LogP contribution in [-0.2, 0) is 9.53 Å². The van der Waals surface area contributed by atoms with Gasteiger partial charge in [-0.25, -0.2) is 4.79 Å². The van der Waals surface area contributed by atoms with Gasteiger partial charge in [0.1, 0.15) is 11.5 Å². The standard InChI is InChI=1S/C31H25Br2N3O6/c32-20-17-22(28(38)23(33)18-20)29(42-31(40)36-30(39)19-9-3-1-4-10-19)26(41-21-11-5-2-6-12-21)15-16-27(37)35-25-14-8-7-13-24(25)34/h1-18,26,29,38H,34H2,(H,35,37)(H,36,39,40)/b16-15+/t26-,29-/m1/s1. The van der Waals surface area contributed by atoms with Crippen LogP contribution in [0.1, 0.15) is 22.0 Å². The van der Waals surface area contributed by atoms with Gasteiger partial charge in [-0.15, -0.1) is 0 Å². The molecular weight excluding hydrogens is 670 g/mol. The van der Waals surface area contributed by atoms with E-state index < -0.39 is 30.1 Å². The summed E-state index contributed by atoms with van der Waals surface area (Å²) in [5.74, 6) is -1.06. The zero-order valence-electron chi connectivity index (χ0n) is 21.9. The van der Waals surface area contributed by atoms with Crippen LogP contribution in [0.25, 0.3) is 0 Å². The zero-order valence-corrected chi connectivity index (χ0v) is 25.0. The lowest BCUT2D eigenvalue weighted by atomic mass is 10.0. The van der Waals surface area contributed by atoms with E-state index in [-0.39, 0.29) is 16.9 Å². The molecule has 214 valence electrons. The van der Waals surface area contributed by atoms with Crippen LogP contribution in [0, 0.1) is 0 Å². The number of rotatable bonds is 9. The van der Waals surface area contributed by atoms with E-state index in [1.54, 1.807) is 91.0 Å². The molecule has 0 aliphatic rings. The molecule has 4 aromatic carbocycles. The van der Waals surface area contributed by atoms with Gasteiger partial charge in [0.2, 0.25) is 5.91 Å². The van der Waals surface area contributed by atoms with E-state index in [1.807, 2.05) is 0 Å². The Morgan fingerprint density at radius 3 is 2.21 bits per heavy atom. The molecule has 11 heteroatoms. The summed E-state index contributed by atoms with van der Waals surface area (Å²) in [6, 6.07) is 26.7. The molecule has 3 amide bonds. The highest BCUT2D eigenvalue weighted by Gasteiger charge is 2.32. The molecular formula is C31H25Br2N3O6. The number of anilines is 2. The van der Waals surface area contributed by atoms with Crippen molar-refractivity contribution in [3.8, 4) is 11.5 Å². The summed E-state index contributed by atoms with van der Waals surface area (Å²) < 4.78 is 12.7. The molecule has 0 unspecified atom stereocenters. The molecule has 0 aromatic heterocycles. The monoisotopic (exact) mass is 693 g/mol. The molecule has 4 aromatic rings. The van der Waals surface area contributed by atoms with Crippen LogP contribution in [0.4, 0.5) is 16.2 Å². The number of ether oxygens (including phenoxy) is 2. The number of hydrogen-bond acceptors (Lipinski definition) is 7. The maximum atomic E-state index is 13.0. The molecule has 42 heavy (non-hydrogen) atoms. The van der Waals surface area contributed by atoms with E-state index in [0.29, 0.717) is 26.1 Å². The lowest BCUT2D eigenvalue weighted by Gasteiger charge is -2.27. The average molecular weight is 695 g/mol. The second-order valence-electron chi connectivity index (χ2n) is 8.80. The van der Waals surface area contributed by atoms with Crippen LogP contribution < -0.4 is 21.1 Å². The third-order valence-electron chi connectivity index (χ3n) is 5.82. The minimum atomic E-state index is -1.34. The van der Waals surface area contributed by atoms with E-state index in [9.17, 15) is 19.5 Å². The van der Waals surface area contributed by atoms with Gasteiger partial charge in [0.25, 0.3) is 5.91 Å². The summed E-state index contributed by atoms with van der Waals surface area (Å²) >= 11 is 6.69. The Kier molecular flexibility index (Phi) is 10.4. The first-order valence-electron chi connectivity index (χ1n) is 12.5. The Bertz CT molecular complexity index is 1600. The maximum Gasteiger partial charge on any atom is 0.414 e. The van der Waals surface area contributed by atoms with Gasteiger partial charge in [-0.05, 0) is 70.5 Å². The number of nitrogens with one attached hydrogen (secondary N) is 2. The lowest BCUT2D eigenvalue weighted by molar-refractivity contribution is -0.112. The number of phenolic OH excluding ortho intramolecular Hbond substituents is 1. The lowest BCUT2D eigenvalue weighted by Crippen LogP contribution is -2.36. The molecule has 0 bridgehead atoms. The molecule has 5 N–H and O–H groups in total. The summed E-state index contributed by atoms with van der Waals surface area (Å²) in [4.78, 5) is 38.5. The van der Waals surface area contributed by atoms with Crippen molar-refractivity contribution >= 4 is 61.1 Å². The molecule has 2 atom stereocenters. The van der Waals surface area contributed by atoms with Crippen molar-refractivity contribution in [1.82, 2.24) is 5.32 Å². The second kappa shape index (κ2) is 14.3. The Morgan fingerprint density at radius 2 is 1.52 bits per heavy atom. The number of carbonyl (C=O) groups excluding carboxylic acids is 3. The zero-order chi connectivity index (χ0) is 30.1. The second-order valence-corrected chi connectivity index (χ2v) is 10.6. The predicted octanol–water partition coefficient (Wildman–Crippen LogP) is 6.75. The summed E-state index contributed by atoms with van der Waals surface area (Å²) in [6.07, 6.45) is -1.01. The molecule has 0 heterocycles. The third kappa shape index (κ3) is 8.21. The molecule has 0 spiro atoms. The van der Waals surface area contributed by atoms with Crippen molar-refractivity contribution in [3.05, 3.63) is 129 Å². The topological polar surface area (TPSA) is 140 Å². The number of alkyl carbamates (subject to hydrolysis) is 1. The van der Waals surface area contributed by atoms with Crippen molar-refractivity contribution < 1.29 is 29.0 Å². The molecule has 9 nitrogen and oxygen atoms in total. The number of hydrogen-bond donors (Lipinski definition) is 4. The van der Waals surface area contributed by atoms with Crippen LogP contribution in [-0.4, -0.2) is 29.1 Å². The smallest absolute Gasteiger partial charge is 0.414 e. The van der Waals surface area contributed by atoms with Gasteiger partial charge in [0.05, 0.1) is 15.8 Å². The van der Waals surface area contributed by atoms with Crippen molar-refractivity contribution in [3.63, 3.8) is 0 Å². The Balaban J connectivity index is 1.69. The minimum absolute atomic E-state index is 0.136. The van der Waals surface area contributed by atoms with Gasteiger partial charge in [-0.3, -0.25) is 14.9 Å². The Morgan fingerprint density at radius 1 is 0.881 bits per heavy atom. The van der Waals surface area contributed by atoms with Crippen molar-refractivity contribution in [1.29, 1.82) is 0 Å². The largest absolute Gasteiger partial charge is 0.506 e. The summed E-state index contributed by atoms with van der Waals surface area (Å²) in [5.41, 5.74) is 7.11. The molecule has 0 saturated carbocycles. The highest BCUT2D eigenvalue weighted by molar-refractivity contribution is 9.11. The van der Waals surface area contributed by atoms with Crippen molar-refractivity contribution in [2.75, 3.05) is 11.1 Å². The quantitative estimate of drug-likeness (QED) is 0.112. The SMILES string of the molecule is Nc1ccccc1NC(=O)/C=C/[C@@H](Oc1ccccc1)[C@H](OC(=O)NC(=O)c1ccccc1)c1cc(Br)cc(Br)c1O. The first-order chi connectivity index (χ1) is 20.2. The Hall–Kier alpha value is -4.61. The van der Waals surface area contributed by atoms with E-state index in [4.69, 9.17) is 15.2 Å². The Labute approximate surface area is 258 Å². The number of carbonyl (C=O) groups is 3. The first-order valence-corrected chi connectivity index (χ1v) is 14.1. The van der Waals surface area contributed by atoms with Gasteiger partial charge >= 0.3 is 6.09 Å². The molecule has 4 rings (SSSR count). The van der Waals surface area contributed by atoms with E-state index in [1.165, 1.54) is 18.2 Å². The fraction of sp³-hybridized carbons (Fsp3) is 0.0645. The van der Waals surface area contributed by atoms with Gasteiger partial charge in [0, 0.05) is 21.7 Å². The number of benzene rings is 4. The van der Waals surface area contributed by atoms with Crippen LogP contribution in [0.5, 0.6) is 11.5 Å². The average Bonchev–Trinajstić information content (AvgIpc) is 2.98. The van der Waals surface area contributed by atoms with Crippen molar-refractivity contribution in [2.45, 2.75) is 12.2 Å². The number of phenols is 1. The van der Waals surface area contributed by atoms with E-state index >= 15 is 0 Å². The highest BCUT2D eigenvalue weighted by Crippen LogP contribution is 2.39. The normalized spacial score (nSPS) is 12.2. The maximum absolute atomic E-state index is 13.0. The van der Waals surface area contributed by atoms with Gasteiger partial charge < -0.3 is 25.6 Å². The van der Waals surface area contributed by atoms with Crippen LogP contribution in [0.15, 0.2) is 118 Å². The van der Waals surface area contributed by atoms with Crippen molar-refractivity contribution in [2.24, 2.45) is 0 Å². The number of imide groups is 1. The summed E-state index contributed by atoms with van der Waals surface area (Å²) in [6.45, 7) is 0. The third-order valence-corrected chi connectivity index (χ3v) is 6.88. The van der Waals surface area contributed by atoms with E-state index in [0.717, 1.165) is 0 Å². The molecule has 0 fully saturated rings. The van der Waals surface area contributed by atoms with Gasteiger partial charge in [-0.2, -0.15) is 0 Å². The summed E-state index contributed by atoms with van der Waals surface area (Å²) in [5, 5.41) is 15.8. The number of para-hydroxylation sites is 3. The summed E-state index contributed by atoms with van der Waals surface area (Å²) in [7, 11) is 0. The molecule has 0 aliphatic heterocycles. The minimum Gasteiger partial charge on any atom is -0.506 e. The van der Waals surface area contributed by atoms with E-state index in [2.05, 4.69) is 42.5 Å². The number of nitrogens with two attached hydrogens (primary N) is 1. The van der Waals surface area contributed by atoms with Gasteiger partial charge in [0.15, 0.2) is 12.2 Å². The number of aromatic hydroxyl groups is 1.